The van der Waals surface area contributed by atoms with Gasteiger partial charge < -0.3 is 9.47 Å². The van der Waals surface area contributed by atoms with Crippen molar-refractivity contribution >= 4 is 5.97 Å². The molecule has 0 saturated carbocycles. The summed E-state index contributed by atoms with van der Waals surface area (Å²) >= 11 is 0. The molecule has 0 atom stereocenters. The average molecular weight is 264 g/mol. The van der Waals surface area contributed by atoms with E-state index in [1.807, 2.05) is 25.1 Å². The molecule has 0 fully saturated rings. The Kier molecular flexibility index (Phi) is 7.71. The maximum Gasteiger partial charge on any atom is 0.305 e. The Bertz CT molecular complexity index is 374. The zero-order valence-corrected chi connectivity index (χ0v) is 12.0. The fraction of sp³-hybridized carbons (Fsp3) is 0.562. The van der Waals surface area contributed by atoms with Gasteiger partial charge in [-0.2, -0.15) is 0 Å². The van der Waals surface area contributed by atoms with E-state index in [-0.39, 0.29) is 5.97 Å². The molecule has 106 valence electrons. The van der Waals surface area contributed by atoms with Crippen molar-refractivity contribution < 1.29 is 14.3 Å². The molecule has 0 aliphatic carbocycles. The number of para-hydroxylation sites is 1. The van der Waals surface area contributed by atoms with Crippen LogP contribution in [0.2, 0.25) is 0 Å². The predicted octanol–water partition coefficient (Wildman–Crippen LogP) is 3.75. The van der Waals surface area contributed by atoms with E-state index in [2.05, 4.69) is 13.0 Å². The van der Waals surface area contributed by atoms with Gasteiger partial charge in [0.25, 0.3) is 0 Å². The standard InChI is InChI=1S/C16H24O3/c1-3-14-10-7-8-11-15(14)19-13-9-5-6-12-16(17)18-4-2/h7-8,10-11H,3-6,9,12-13H2,1-2H3. The number of ether oxygens (including phenoxy) is 2. The third-order valence-electron chi connectivity index (χ3n) is 2.94. The first-order valence-corrected chi connectivity index (χ1v) is 7.14. The van der Waals surface area contributed by atoms with E-state index in [0.29, 0.717) is 19.6 Å². The van der Waals surface area contributed by atoms with Crippen molar-refractivity contribution in [3.8, 4) is 5.75 Å². The van der Waals surface area contributed by atoms with Crippen molar-refractivity contribution in [1.82, 2.24) is 0 Å². The second-order valence-electron chi connectivity index (χ2n) is 4.43. The number of aryl methyl sites for hydroxylation is 1. The first-order chi connectivity index (χ1) is 9.27. The highest BCUT2D eigenvalue weighted by Crippen LogP contribution is 2.18. The molecule has 1 rings (SSSR count). The third kappa shape index (κ3) is 6.27. The molecule has 0 aromatic heterocycles. The molecule has 0 aliphatic heterocycles. The second kappa shape index (κ2) is 9.42. The maximum absolute atomic E-state index is 11.1. The van der Waals surface area contributed by atoms with Gasteiger partial charge in [-0.05, 0) is 44.2 Å². The highest BCUT2D eigenvalue weighted by atomic mass is 16.5. The summed E-state index contributed by atoms with van der Waals surface area (Å²) < 4.78 is 10.6. The molecule has 19 heavy (non-hydrogen) atoms. The SMILES string of the molecule is CCOC(=O)CCCCCOc1ccccc1CC. The Morgan fingerprint density at radius 3 is 2.63 bits per heavy atom. The van der Waals surface area contributed by atoms with Crippen LogP contribution in [0.15, 0.2) is 24.3 Å². The summed E-state index contributed by atoms with van der Waals surface area (Å²) in [4.78, 5) is 11.1. The summed E-state index contributed by atoms with van der Waals surface area (Å²) in [7, 11) is 0. The molecule has 0 aliphatic rings. The van der Waals surface area contributed by atoms with E-state index >= 15 is 0 Å². The third-order valence-corrected chi connectivity index (χ3v) is 2.94. The van der Waals surface area contributed by atoms with Crippen molar-refractivity contribution in [1.29, 1.82) is 0 Å². The Morgan fingerprint density at radius 2 is 1.89 bits per heavy atom. The molecule has 0 heterocycles. The number of unbranched alkanes of at least 4 members (excludes halogenated alkanes) is 2. The lowest BCUT2D eigenvalue weighted by atomic mass is 10.1. The van der Waals surface area contributed by atoms with Crippen LogP contribution < -0.4 is 4.74 Å². The number of carbonyl (C=O) groups is 1. The van der Waals surface area contributed by atoms with Gasteiger partial charge in [0.15, 0.2) is 0 Å². The highest BCUT2D eigenvalue weighted by molar-refractivity contribution is 5.69. The van der Waals surface area contributed by atoms with E-state index in [4.69, 9.17) is 9.47 Å². The van der Waals surface area contributed by atoms with E-state index in [1.165, 1.54) is 5.56 Å². The van der Waals surface area contributed by atoms with E-state index in [9.17, 15) is 4.79 Å². The number of esters is 1. The maximum atomic E-state index is 11.1. The van der Waals surface area contributed by atoms with Crippen LogP contribution in [-0.2, 0) is 16.0 Å². The fourth-order valence-corrected chi connectivity index (χ4v) is 1.90. The summed E-state index contributed by atoms with van der Waals surface area (Å²) in [5.41, 5.74) is 1.24. The highest BCUT2D eigenvalue weighted by Gasteiger charge is 2.02. The summed E-state index contributed by atoms with van der Waals surface area (Å²) in [5, 5.41) is 0. The summed E-state index contributed by atoms with van der Waals surface area (Å²) in [6.07, 6.45) is 4.33. The van der Waals surface area contributed by atoms with Crippen LogP contribution in [0, 0.1) is 0 Å². The first-order valence-electron chi connectivity index (χ1n) is 7.14. The van der Waals surface area contributed by atoms with Crippen molar-refractivity contribution in [2.24, 2.45) is 0 Å². The van der Waals surface area contributed by atoms with Crippen molar-refractivity contribution in [2.75, 3.05) is 13.2 Å². The van der Waals surface area contributed by atoms with Crippen LogP contribution in [0.1, 0.15) is 45.1 Å². The van der Waals surface area contributed by atoms with Crippen molar-refractivity contribution in [3.63, 3.8) is 0 Å². The molecule has 0 spiro atoms. The molecular formula is C16H24O3. The van der Waals surface area contributed by atoms with Gasteiger partial charge in [0.1, 0.15) is 5.75 Å². The predicted molar refractivity (Wildman–Crippen MR) is 76.4 cm³/mol. The van der Waals surface area contributed by atoms with Gasteiger partial charge in [-0.25, -0.2) is 0 Å². The van der Waals surface area contributed by atoms with E-state index < -0.39 is 0 Å². The monoisotopic (exact) mass is 264 g/mol. The van der Waals surface area contributed by atoms with Crippen LogP contribution in [-0.4, -0.2) is 19.2 Å². The largest absolute Gasteiger partial charge is 0.493 e. The van der Waals surface area contributed by atoms with Crippen molar-refractivity contribution in [3.05, 3.63) is 29.8 Å². The number of rotatable bonds is 9. The Morgan fingerprint density at radius 1 is 1.11 bits per heavy atom. The molecule has 0 saturated heterocycles. The smallest absolute Gasteiger partial charge is 0.305 e. The lowest BCUT2D eigenvalue weighted by molar-refractivity contribution is -0.143. The first kappa shape index (κ1) is 15.5. The number of hydrogen-bond acceptors (Lipinski definition) is 3. The van der Waals surface area contributed by atoms with Gasteiger partial charge in [-0.15, -0.1) is 0 Å². The summed E-state index contributed by atoms with van der Waals surface area (Å²) in [6.45, 7) is 5.13. The molecule has 0 radical (unpaired) electrons. The minimum absolute atomic E-state index is 0.0975. The minimum atomic E-state index is -0.0975. The molecule has 0 bridgehead atoms. The molecule has 3 heteroatoms. The molecule has 0 unspecified atom stereocenters. The number of carbonyl (C=O) groups excluding carboxylic acids is 1. The quantitative estimate of drug-likeness (QED) is 0.503. The molecule has 0 amide bonds. The van der Waals surface area contributed by atoms with Gasteiger partial charge in [0, 0.05) is 6.42 Å². The van der Waals surface area contributed by atoms with Gasteiger partial charge in [0.2, 0.25) is 0 Å². The van der Waals surface area contributed by atoms with Crippen molar-refractivity contribution in [2.45, 2.75) is 46.0 Å². The molecule has 1 aromatic rings. The van der Waals surface area contributed by atoms with E-state index in [0.717, 1.165) is 31.4 Å². The normalized spacial score (nSPS) is 10.2. The second-order valence-corrected chi connectivity index (χ2v) is 4.43. The lowest BCUT2D eigenvalue weighted by Gasteiger charge is -2.09. The van der Waals surface area contributed by atoms with Crippen LogP contribution in [0.3, 0.4) is 0 Å². The van der Waals surface area contributed by atoms with Crippen LogP contribution in [0.5, 0.6) is 5.75 Å². The van der Waals surface area contributed by atoms with Crippen LogP contribution in [0.25, 0.3) is 0 Å². The average Bonchev–Trinajstić information content (AvgIpc) is 2.43. The minimum Gasteiger partial charge on any atom is -0.493 e. The van der Waals surface area contributed by atoms with Gasteiger partial charge in [0.05, 0.1) is 13.2 Å². The number of benzene rings is 1. The Labute approximate surface area is 115 Å². The van der Waals surface area contributed by atoms with Crippen LogP contribution >= 0.6 is 0 Å². The molecule has 3 nitrogen and oxygen atoms in total. The summed E-state index contributed by atoms with van der Waals surface area (Å²) in [6, 6.07) is 8.13. The van der Waals surface area contributed by atoms with Gasteiger partial charge >= 0.3 is 5.97 Å². The Balaban J connectivity index is 2.12. The fourth-order valence-electron chi connectivity index (χ4n) is 1.90. The summed E-state index contributed by atoms with van der Waals surface area (Å²) in [5.74, 6) is 0.884. The van der Waals surface area contributed by atoms with Crippen LogP contribution in [0.4, 0.5) is 0 Å². The van der Waals surface area contributed by atoms with Gasteiger partial charge in [-0.1, -0.05) is 25.1 Å². The molecule has 0 N–H and O–H groups in total. The number of hydrogen-bond donors (Lipinski definition) is 0. The lowest BCUT2D eigenvalue weighted by Crippen LogP contribution is -2.04. The Hall–Kier alpha value is -1.51. The molecular weight excluding hydrogens is 240 g/mol. The topological polar surface area (TPSA) is 35.5 Å². The molecule has 1 aromatic carbocycles. The zero-order valence-electron chi connectivity index (χ0n) is 12.0. The van der Waals surface area contributed by atoms with E-state index in [1.54, 1.807) is 0 Å². The zero-order chi connectivity index (χ0) is 13.9. The van der Waals surface area contributed by atoms with Gasteiger partial charge in [-0.3, -0.25) is 4.79 Å².